The fourth-order valence-electron chi connectivity index (χ4n) is 4.80. The second kappa shape index (κ2) is 6.97. The van der Waals surface area contributed by atoms with Crippen LogP contribution >= 0.6 is 15.9 Å². The van der Waals surface area contributed by atoms with E-state index in [4.69, 9.17) is 9.47 Å². The smallest absolute Gasteiger partial charge is 0.314 e. The molecule has 0 aromatic heterocycles. The minimum absolute atomic E-state index is 0.0655. The van der Waals surface area contributed by atoms with Crippen molar-refractivity contribution in [2.24, 2.45) is 11.8 Å². The predicted molar refractivity (Wildman–Crippen MR) is 99.0 cm³/mol. The van der Waals surface area contributed by atoms with Crippen molar-refractivity contribution in [1.82, 2.24) is 4.90 Å². The number of piperidine rings is 1. The lowest BCUT2D eigenvalue weighted by molar-refractivity contribution is -0.171. The largest absolute Gasteiger partial charge is 0.460 e. The third-order valence-corrected chi connectivity index (χ3v) is 6.57. The van der Waals surface area contributed by atoms with Gasteiger partial charge in [0.25, 0.3) is 5.91 Å². The number of carbonyl (C=O) groups is 2. The molecular weight excluding hydrogens is 398 g/mol. The lowest BCUT2D eigenvalue weighted by Crippen LogP contribution is -2.58. The Morgan fingerprint density at radius 1 is 1.31 bits per heavy atom. The lowest BCUT2D eigenvalue weighted by atomic mass is 9.76. The van der Waals surface area contributed by atoms with E-state index in [9.17, 15) is 9.59 Å². The molecule has 3 fully saturated rings. The average molecular weight is 422 g/mol. The second-order valence-corrected chi connectivity index (χ2v) is 8.38. The summed E-state index contributed by atoms with van der Waals surface area (Å²) in [6.07, 6.45) is 4.00. The monoisotopic (exact) mass is 421 g/mol. The summed E-state index contributed by atoms with van der Waals surface area (Å²) in [5.41, 5.74) is 0.167. The number of carbonyl (C=O) groups excluding carboxylic acids is 2. The minimum atomic E-state index is -0.782. The van der Waals surface area contributed by atoms with Crippen LogP contribution in [0.1, 0.15) is 44.6 Å². The first kappa shape index (κ1) is 18.0. The third kappa shape index (κ3) is 2.78. The van der Waals surface area contributed by atoms with Crippen molar-refractivity contribution in [1.29, 1.82) is 0 Å². The van der Waals surface area contributed by atoms with E-state index in [1.54, 1.807) is 0 Å². The molecule has 1 amide bonds. The van der Waals surface area contributed by atoms with E-state index < -0.39 is 11.8 Å². The normalized spacial score (nSPS) is 33.1. The van der Waals surface area contributed by atoms with Crippen LogP contribution in [0.3, 0.4) is 0 Å². The molecule has 6 heteroatoms. The number of fused-ring (bicyclic) bond motifs is 1. The molecule has 26 heavy (non-hydrogen) atoms. The number of halogens is 1. The number of hydrogen-bond donors (Lipinski definition) is 0. The Bertz CT molecular complexity index is 706. The zero-order valence-electron chi connectivity index (χ0n) is 14.9. The van der Waals surface area contributed by atoms with E-state index in [2.05, 4.69) is 15.9 Å². The fraction of sp³-hybridized carbons (Fsp3) is 0.600. The first-order chi connectivity index (χ1) is 12.6. The maximum atomic E-state index is 13.1. The summed E-state index contributed by atoms with van der Waals surface area (Å²) in [6.45, 7) is 2.95. The highest BCUT2D eigenvalue weighted by molar-refractivity contribution is 9.10. The highest BCUT2D eigenvalue weighted by Crippen LogP contribution is 2.54. The number of amides is 1. The number of esters is 1. The number of ether oxygens (including phenoxy) is 2. The van der Waals surface area contributed by atoms with E-state index in [1.165, 1.54) is 0 Å². The van der Waals surface area contributed by atoms with Crippen LogP contribution < -0.4 is 0 Å². The number of benzene rings is 1. The van der Waals surface area contributed by atoms with Gasteiger partial charge in [0.05, 0.1) is 0 Å². The molecule has 1 aromatic rings. The Morgan fingerprint density at radius 3 is 2.81 bits per heavy atom. The molecule has 3 saturated heterocycles. The van der Waals surface area contributed by atoms with E-state index in [0.29, 0.717) is 6.54 Å². The van der Waals surface area contributed by atoms with Crippen molar-refractivity contribution in [3.05, 3.63) is 34.3 Å². The predicted octanol–water partition coefficient (Wildman–Crippen LogP) is 3.65. The molecule has 0 aliphatic carbocycles. The molecule has 3 aliphatic rings. The van der Waals surface area contributed by atoms with Gasteiger partial charge in [0, 0.05) is 16.9 Å². The highest BCUT2D eigenvalue weighted by atomic mass is 79.9. The molecule has 0 unspecified atom stereocenters. The SMILES string of the molecule is CC[C@@H]1[C@H]2O[C@@]3(CCCCCN3C2=O)[C@H]1C(=O)OCc1ccc(Br)cc1. The van der Waals surface area contributed by atoms with Crippen molar-refractivity contribution in [3.8, 4) is 0 Å². The zero-order valence-corrected chi connectivity index (χ0v) is 16.5. The maximum Gasteiger partial charge on any atom is 0.314 e. The van der Waals surface area contributed by atoms with Crippen molar-refractivity contribution in [2.75, 3.05) is 6.54 Å². The van der Waals surface area contributed by atoms with Crippen LogP contribution in [0.15, 0.2) is 28.7 Å². The average Bonchev–Trinajstić information content (AvgIpc) is 3.00. The van der Waals surface area contributed by atoms with Crippen LogP contribution in [-0.4, -0.2) is 35.2 Å². The van der Waals surface area contributed by atoms with Gasteiger partial charge >= 0.3 is 5.97 Å². The molecule has 4 rings (SSSR count). The van der Waals surface area contributed by atoms with Crippen molar-refractivity contribution in [2.45, 2.75) is 57.5 Å². The van der Waals surface area contributed by atoms with Gasteiger partial charge in [-0.1, -0.05) is 41.4 Å². The van der Waals surface area contributed by atoms with Crippen molar-refractivity contribution >= 4 is 27.8 Å². The molecule has 3 aliphatic heterocycles. The first-order valence-electron chi connectivity index (χ1n) is 9.47. The van der Waals surface area contributed by atoms with Gasteiger partial charge in [-0.3, -0.25) is 9.59 Å². The topological polar surface area (TPSA) is 55.8 Å². The molecule has 1 spiro atoms. The minimum Gasteiger partial charge on any atom is -0.460 e. The Labute approximate surface area is 162 Å². The van der Waals surface area contributed by atoms with Gasteiger partial charge in [-0.15, -0.1) is 0 Å². The highest BCUT2D eigenvalue weighted by Gasteiger charge is 2.69. The second-order valence-electron chi connectivity index (χ2n) is 7.47. The summed E-state index contributed by atoms with van der Waals surface area (Å²) < 4.78 is 12.9. The summed E-state index contributed by atoms with van der Waals surface area (Å²) in [7, 11) is 0. The van der Waals surface area contributed by atoms with Crippen LogP contribution in [0.4, 0.5) is 0 Å². The van der Waals surface area contributed by atoms with Crippen LogP contribution in [0, 0.1) is 11.8 Å². The van der Waals surface area contributed by atoms with Gasteiger partial charge in [0.2, 0.25) is 0 Å². The first-order valence-corrected chi connectivity index (χ1v) is 10.3. The van der Waals surface area contributed by atoms with Gasteiger partial charge in [-0.05, 0) is 43.4 Å². The summed E-state index contributed by atoms with van der Waals surface area (Å²) >= 11 is 3.41. The van der Waals surface area contributed by atoms with Crippen LogP contribution in [0.2, 0.25) is 0 Å². The molecule has 4 atom stereocenters. The third-order valence-electron chi connectivity index (χ3n) is 6.04. The Hall–Kier alpha value is -1.40. The fourth-order valence-corrected chi connectivity index (χ4v) is 5.07. The molecule has 5 nitrogen and oxygen atoms in total. The van der Waals surface area contributed by atoms with Gasteiger partial charge in [-0.2, -0.15) is 0 Å². The van der Waals surface area contributed by atoms with Crippen LogP contribution in [0.25, 0.3) is 0 Å². The molecule has 0 N–H and O–H groups in total. The van der Waals surface area contributed by atoms with Gasteiger partial charge < -0.3 is 14.4 Å². The van der Waals surface area contributed by atoms with Crippen LogP contribution in [0.5, 0.6) is 0 Å². The Balaban J connectivity index is 1.56. The van der Waals surface area contributed by atoms with Gasteiger partial charge in [-0.25, -0.2) is 0 Å². The summed E-state index contributed by atoms with van der Waals surface area (Å²) in [5, 5.41) is 0. The standard InChI is InChI=1S/C20H24BrNO4/c1-2-15-16(19(24)25-12-13-6-8-14(21)9-7-13)20-10-4-3-5-11-22(20)18(23)17(15)26-20/h6-9,15-17H,2-5,10-12H2,1H3/t15-,16+,17+,20-/m0/s1. The van der Waals surface area contributed by atoms with Crippen LogP contribution in [-0.2, 0) is 25.7 Å². The summed E-state index contributed by atoms with van der Waals surface area (Å²) in [6, 6.07) is 7.74. The molecular formula is C20H24BrNO4. The molecule has 1 aromatic carbocycles. The Kier molecular flexibility index (Phi) is 4.82. The maximum absolute atomic E-state index is 13.1. The number of rotatable bonds is 4. The number of hydrogen-bond acceptors (Lipinski definition) is 4. The van der Waals surface area contributed by atoms with E-state index in [-0.39, 0.29) is 30.3 Å². The van der Waals surface area contributed by atoms with E-state index in [0.717, 1.165) is 42.1 Å². The molecule has 0 radical (unpaired) electrons. The molecule has 0 saturated carbocycles. The van der Waals surface area contributed by atoms with Crippen molar-refractivity contribution < 1.29 is 19.1 Å². The van der Waals surface area contributed by atoms with Gasteiger partial charge in [0.1, 0.15) is 18.6 Å². The van der Waals surface area contributed by atoms with E-state index >= 15 is 0 Å². The lowest BCUT2D eigenvalue weighted by Gasteiger charge is -2.41. The van der Waals surface area contributed by atoms with Crippen molar-refractivity contribution in [3.63, 3.8) is 0 Å². The zero-order chi connectivity index (χ0) is 18.3. The molecule has 3 heterocycles. The Morgan fingerprint density at radius 2 is 2.08 bits per heavy atom. The number of nitrogens with zero attached hydrogens (tertiary/aromatic N) is 1. The van der Waals surface area contributed by atoms with E-state index in [1.807, 2.05) is 36.1 Å². The van der Waals surface area contributed by atoms with Gasteiger partial charge in [0.15, 0.2) is 5.72 Å². The summed E-state index contributed by atoms with van der Waals surface area (Å²) in [5.74, 6) is -0.643. The quantitative estimate of drug-likeness (QED) is 0.696. The molecule has 140 valence electrons. The summed E-state index contributed by atoms with van der Waals surface area (Å²) in [4.78, 5) is 27.6. The molecule has 2 bridgehead atoms.